The van der Waals surface area contributed by atoms with Crippen molar-refractivity contribution >= 4 is 27.8 Å². The van der Waals surface area contributed by atoms with Gasteiger partial charge in [0, 0.05) is 7.05 Å². The van der Waals surface area contributed by atoms with Gasteiger partial charge in [0.15, 0.2) is 5.78 Å². The highest BCUT2D eigenvalue weighted by Crippen LogP contribution is 2.06. The third kappa shape index (κ3) is 3.65. The Labute approximate surface area is 92.7 Å². The second kappa shape index (κ2) is 6.81. The first-order valence-electron chi connectivity index (χ1n) is 4.56. The molecule has 0 radical (unpaired) electrons. The Morgan fingerprint density at radius 1 is 1.43 bits per heavy atom. The van der Waals surface area contributed by atoms with Crippen LogP contribution in [0.1, 0.15) is 20.3 Å². The molecule has 0 saturated heterocycles. The summed E-state index contributed by atoms with van der Waals surface area (Å²) in [7, 11) is 1.58. The van der Waals surface area contributed by atoms with Gasteiger partial charge in [-0.25, -0.2) is 4.79 Å². The molecular weight excluding hydrogens is 250 g/mol. The maximum atomic E-state index is 11.4. The van der Waals surface area contributed by atoms with Gasteiger partial charge in [0.05, 0.1) is 18.0 Å². The average Bonchev–Trinajstić information content (AvgIpc) is 2.18. The van der Waals surface area contributed by atoms with Gasteiger partial charge in [0.2, 0.25) is 0 Å². The Kier molecular flexibility index (Phi) is 6.53. The molecule has 0 aromatic heterocycles. The molecule has 0 heterocycles. The molecule has 5 heteroatoms. The summed E-state index contributed by atoms with van der Waals surface area (Å²) in [5, 5.41) is 0.259. The van der Waals surface area contributed by atoms with Gasteiger partial charge in [0.25, 0.3) is 0 Å². The molecule has 0 aromatic carbocycles. The fourth-order valence-electron chi connectivity index (χ4n) is 1.16. The summed E-state index contributed by atoms with van der Waals surface area (Å²) in [6, 6.07) is -0.395. The SMILES string of the molecule is CCOC(=O)N(C)C(CC)C(=O)CBr. The lowest BCUT2D eigenvalue weighted by atomic mass is 10.1. The molecule has 1 amide bonds. The number of nitrogens with zero attached hydrogens (tertiary/aromatic N) is 1. The number of carbonyl (C=O) groups excluding carboxylic acids is 2. The summed E-state index contributed by atoms with van der Waals surface area (Å²) in [6.45, 7) is 3.92. The fourth-order valence-corrected chi connectivity index (χ4v) is 1.53. The van der Waals surface area contributed by atoms with Crippen LogP contribution < -0.4 is 0 Å². The van der Waals surface area contributed by atoms with E-state index in [1.807, 2.05) is 6.92 Å². The molecule has 0 N–H and O–H groups in total. The minimum atomic E-state index is -0.450. The van der Waals surface area contributed by atoms with Gasteiger partial charge < -0.3 is 9.64 Å². The first kappa shape index (κ1) is 13.4. The van der Waals surface area contributed by atoms with Gasteiger partial charge in [-0.1, -0.05) is 22.9 Å². The molecule has 0 rings (SSSR count). The highest BCUT2D eigenvalue weighted by atomic mass is 79.9. The van der Waals surface area contributed by atoms with Crippen molar-refractivity contribution in [3.05, 3.63) is 0 Å². The van der Waals surface area contributed by atoms with E-state index in [1.165, 1.54) is 4.90 Å². The second-order valence-electron chi connectivity index (χ2n) is 2.83. The molecule has 0 aliphatic heterocycles. The molecule has 14 heavy (non-hydrogen) atoms. The predicted octanol–water partition coefficient (Wildman–Crippen LogP) is 1.82. The topological polar surface area (TPSA) is 46.6 Å². The molecule has 0 aliphatic rings. The van der Waals surface area contributed by atoms with Crippen LogP contribution in [0.15, 0.2) is 0 Å². The summed E-state index contributed by atoms with van der Waals surface area (Å²) >= 11 is 3.08. The third-order valence-corrected chi connectivity index (χ3v) is 2.47. The average molecular weight is 266 g/mol. The van der Waals surface area contributed by atoms with Crippen molar-refractivity contribution in [2.75, 3.05) is 19.0 Å². The predicted molar refractivity (Wildman–Crippen MR) is 57.7 cm³/mol. The number of hydrogen-bond acceptors (Lipinski definition) is 3. The molecule has 4 nitrogen and oxygen atoms in total. The quantitative estimate of drug-likeness (QED) is 0.713. The van der Waals surface area contributed by atoms with E-state index in [-0.39, 0.29) is 11.1 Å². The van der Waals surface area contributed by atoms with Gasteiger partial charge in [-0.2, -0.15) is 0 Å². The summed E-state index contributed by atoms with van der Waals surface area (Å²) in [5.41, 5.74) is 0. The van der Waals surface area contributed by atoms with E-state index >= 15 is 0 Å². The van der Waals surface area contributed by atoms with Crippen LogP contribution in [0.4, 0.5) is 4.79 Å². The molecule has 1 unspecified atom stereocenters. The minimum Gasteiger partial charge on any atom is -0.450 e. The summed E-state index contributed by atoms with van der Waals surface area (Å²) in [4.78, 5) is 24.0. The number of ether oxygens (including phenoxy) is 1. The van der Waals surface area contributed by atoms with Crippen molar-refractivity contribution < 1.29 is 14.3 Å². The van der Waals surface area contributed by atoms with E-state index in [0.29, 0.717) is 13.0 Å². The minimum absolute atomic E-state index is 0.0111. The molecule has 82 valence electrons. The van der Waals surface area contributed by atoms with Crippen molar-refractivity contribution in [2.24, 2.45) is 0 Å². The zero-order valence-electron chi connectivity index (χ0n) is 8.75. The van der Waals surface area contributed by atoms with Crippen LogP contribution in [0.3, 0.4) is 0 Å². The van der Waals surface area contributed by atoms with Crippen LogP contribution in [0, 0.1) is 0 Å². The standard InChI is InChI=1S/C9H16BrNO3/c1-4-7(8(12)6-10)11(3)9(13)14-5-2/h7H,4-6H2,1-3H3. The van der Waals surface area contributed by atoms with E-state index in [2.05, 4.69) is 15.9 Å². The number of alkyl halides is 1. The van der Waals surface area contributed by atoms with E-state index < -0.39 is 12.1 Å². The van der Waals surface area contributed by atoms with E-state index in [1.54, 1.807) is 14.0 Å². The van der Waals surface area contributed by atoms with Crippen LogP contribution in [0.2, 0.25) is 0 Å². The van der Waals surface area contributed by atoms with Crippen molar-refractivity contribution in [2.45, 2.75) is 26.3 Å². The first-order valence-corrected chi connectivity index (χ1v) is 5.68. The summed E-state index contributed by atoms with van der Waals surface area (Å²) < 4.78 is 4.80. The number of hydrogen-bond donors (Lipinski definition) is 0. The zero-order chi connectivity index (χ0) is 11.1. The van der Waals surface area contributed by atoms with Gasteiger partial charge in [0.1, 0.15) is 0 Å². The largest absolute Gasteiger partial charge is 0.450 e. The molecule has 0 fully saturated rings. The van der Waals surface area contributed by atoms with Crippen molar-refractivity contribution in [3.63, 3.8) is 0 Å². The Balaban J connectivity index is 4.37. The summed E-state index contributed by atoms with van der Waals surface area (Å²) in [5.74, 6) is -0.0111. The Morgan fingerprint density at radius 3 is 2.36 bits per heavy atom. The third-order valence-electron chi connectivity index (χ3n) is 1.91. The molecule has 0 aromatic rings. The molecule has 1 atom stereocenters. The Bertz CT molecular complexity index is 208. The van der Waals surface area contributed by atoms with E-state index in [9.17, 15) is 9.59 Å². The number of likely N-dealkylation sites (N-methyl/N-ethyl adjacent to an activating group) is 1. The highest BCUT2D eigenvalue weighted by Gasteiger charge is 2.24. The number of rotatable bonds is 5. The van der Waals surface area contributed by atoms with Crippen molar-refractivity contribution in [1.29, 1.82) is 0 Å². The number of halogens is 1. The maximum Gasteiger partial charge on any atom is 0.410 e. The van der Waals surface area contributed by atoms with Crippen LogP contribution in [0.5, 0.6) is 0 Å². The number of carbonyl (C=O) groups is 2. The lowest BCUT2D eigenvalue weighted by Crippen LogP contribution is -2.42. The lowest BCUT2D eigenvalue weighted by Gasteiger charge is -2.24. The van der Waals surface area contributed by atoms with Gasteiger partial charge in [-0.3, -0.25) is 4.79 Å². The van der Waals surface area contributed by atoms with Crippen molar-refractivity contribution in [1.82, 2.24) is 4.90 Å². The molecule has 0 saturated carbocycles. The number of ketones is 1. The number of Topliss-reactive ketones (excluding diaryl/α,β-unsaturated/α-hetero) is 1. The lowest BCUT2D eigenvalue weighted by molar-refractivity contribution is -0.120. The molecule has 0 bridgehead atoms. The Hall–Kier alpha value is -0.580. The van der Waals surface area contributed by atoms with Crippen LogP contribution in [-0.2, 0) is 9.53 Å². The van der Waals surface area contributed by atoms with Crippen molar-refractivity contribution in [3.8, 4) is 0 Å². The van der Waals surface area contributed by atoms with Gasteiger partial charge in [-0.05, 0) is 13.3 Å². The Morgan fingerprint density at radius 2 is 2.00 bits per heavy atom. The fraction of sp³-hybridized carbons (Fsp3) is 0.778. The second-order valence-corrected chi connectivity index (χ2v) is 3.39. The van der Waals surface area contributed by atoms with Crippen LogP contribution >= 0.6 is 15.9 Å². The highest BCUT2D eigenvalue weighted by molar-refractivity contribution is 9.09. The molecule has 0 spiro atoms. The van der Waals surface area contributed by atoms with E-state index in [0.717, 1.165) is 0 Å². The van der Waals surface area contributed by atoms with E-state index in [4.69, 9.17) is 4.74 Å². The monoisotopic (exact) mass is 265 g/mol. The number of amides is 1. The first-order chi connectivity index (χ1) is 6.58. The maximum absolute atomic E-state index is 11.4. The van der Waals surface area contributed by atoms with Crippen LogP contribution in [-0.4, -0.2) is 41.8 Å². The van der Waals surface area contributed by atoms with Crippen LogP contribution in [0.25, 0.3) is 0 Å². The zero-order valence-corrected chi connectivity index (χ0v) is 10.3. The smallest absolute Gasteiger partial charge is 0.410 e. The molecular formula is C9H16BrNO3. The molecule has 0 aliphatic carbocycles. The normalized spacial score (nSPS) is 12.0. The summed E-state index contributed by atoms with van der Waals surface area (Å²) in [6.07, 6.45) is 0.147. The van der Waals surface area contributed by atoms with Gasteiger partial charge >= 0.3 is 6.09 Å². The van der Waals surface area contributed by atoms with Gasteiger partial charge in [-0.15, -0.1) is 0 Å².